The quantitative estimate of drug-likeness (QED) is 0.484. The molecule has 1 rings (SSSR count). The van der Waals surface area contributed by atoms with E-state index in [-0.39, 0.29) is 0 Å². The minimum atomic E-state index is 0.529. The van der Waals surface area contributed by atoms with Crippen LogP contribution in [-0.2, 0) is 0 Å². The van der Waals surface area contributed by atoms with Crippen molar-refractivity contribution in [2.45, 2.75) is 20.8 Å². The third kappa shape index (κ3) is 1.83. The first kappa shape index (κ1) is 7.26. The maximum absolute atomic E-state index is 4.32. The van der Waals surface area contributed by atoms with Gasteiger partial charge in [0.2, 0.25) is 0 Å². The zero-order chi connectivity index (χ0) is 7.56. The lowest BCUT2D eigenvalue weighted by Crippen LogP contribution is -1.82. The van der Waals surface area contributed by atoms with Crippen LogP contribution in [0.1, 0.15) is 20.8 Å². The van der Waals surface area contributed by atoms with Gasteiger partial charge in [0.05, 0.1) is 0 Å². The van der Waals surface area contributed by atoms with Gasteiger partial charge in [0.1, 0.15) is 0 Å². The van der Waals surface area contributed by atoms with Crippen LogP contribution in [0.3, 0.4) is 0 Å². The molecule has 0 radical (unpaired) electrons. The summed E-state index contributed by atoms with van der Waals surface area (Å²) in [7, 11) is 0. The Morgan fingerprint density at radius 2 is 2.10 bits per heavy atom. The summed E-state index contributed by atoms with van der Waals surface area (Å²) in [4.78, 5) is 4.32. The number of aliphatic imine (C=N–C) groups is 1. The van der Waals surface area contributed by atoms with Crippen molar-refractivity contribution >= 4 is 5.71 Å². The molecule has 1 aliphatic rings. The number of allylic oxidation sites excluding steroid dienone is 4. The SMILES string of the molecule is CC1=CC(C)C=CC(C)=N1. The third-order valence-electron chi connectivity index (χ3n) is 1.50. The topological polar surface area (TPSA) is 12.4 Å². The molecule has 1 heterocycles. The number of hydrogen-bond acceptors (Lipinski definition) is 1. The standard InChI is InChI=1S/C9H13N/c1-7-4-5-8(2)10-9(3)6-7/h4-7H,1-3H3. The van der Waals surface area contributed by atoms with Gasteiger partial charge in [-0.25, -0.2) is 0 Å². The molecule has 1 heteroatoms. The normalized spacial score (nSPS) is 25.3. The van der Waals surface area contributed by atoms with Crippen LogP contribution in [0, 0.1) is 5.92 Å². The Balaban J connectivity index is 2.88. The van der Waals surface area contributed by atoms with E-state index in [9.17, 15) is 0 Å². The summed E-state index contributed by atoms with van der Waals surface area (Å²) in [6, 6.07) is 0. The Hall–Kier alpha value is -0.850. The van der Waals surface area contributed by atoms with Crippen LogP contribution >= 0.6 is 0 Å². The van der Waals surface area contributed by atoms with Gasteiger partial charge in [-0.2, -0.15) is 0 Å². The van der Waals surface area contributed by atoms with Crippen LogP contribution in [0.4, 0.5) is 0 Å². The summed E-state index contributed by atoms with van der Waals surface area (Å²) >= 11 is 0. The van der Waals surface area contributed by atoms with Crippen LogP contribution in [-0.4, -0.2) is 5.71 Å². The van der Waals surface area contributed by atoms with Crippen molar-refractivity contribution in [3.63, 3.8) is 0 Å². The van der Waals surface area contributed by atoms with Crippen molar-refractivity contribution in [1.82, 2.24) is 0 Å². The summed E-state index contributed by atoms with van der Waals surface area (Å²) < 4.78 is 0. The molecule has 1 aliphatic heterocycles. The van der Waals surface area contributed by atoms with Gasteiger partial charge in [-0.15, -0.1) is 0 Å². The van der Waals surface area contributed by atoms with Gasteiger partial charge in [-0.3, -0.25) is 4.99 Å². The Morgan fingerprint density at radius 3 is 2.80 bits per heavy atom. The molecule has 0 bridgehead atoms. The molecule has 0 aliphatic carbocycles. The van der Waals surface area contributed by atoms with Gasteiger partial charge in [0.15, 0.2) is 0 Å². The number of hydrogen-bond donors (Lipinski definition) is 0. The summed E-state index contributed by atoms with van der Waals surface area (Å²) in [6.45, 7) is 6.22. The second-order valence-electron chi connectivity index (χ2n) is 2.78. The van der Waals surface area contributed by atoms with Gasteiger partial charge in [0, 0.05) is 11.4 Å². The van der Waals surface area contributed by atoms with E-state index >= 15 is 0 Å². The first-order chi connectivity index (χ1) is 4.68. The lowest BCUT2D eigenvalue weighted by Gasteiger charge is -1.94. The molecule has 0 N–H and O–H groups in total. The lowest BCUT2D eigenvalue weighted by atomic mass is 10.1. The van der Waals surface area contributed by atoms with E-state index in [2.05, 4.69) is 30.1 Å². The molecule has 1 unspecified atom stereocenters. The zero-order valence-corrected chi connectivity index (χ0v) is 6.76. The fraction of sp³-hybridized carbons (Fsp3) is 0.444. The first-order valence-electron chi connectivity index (χ1n) is 3.60. The van der Waals surface area contributed by atoms with Crippen molar-refractivity contribution in [1.29, 1.82) is 0 Å². The average molecular weight is 135 g/mol. The molecule has 10 heavy (non-hydrogen) atoms. The molecule has 1 nitrogen and oxygen atoms in total. The third-order valence-corrected chi connectivity index (χ3v) is 1.50. The van der Waals surface area contributed by atoms with Crippen LogP contribution in [0.15, 0.2) is 28.9 Å². The highest BCUT2D eigenvalue weighted by atomic mass is 14.7. The Labute approximate surface area is 62.2 Å². The zero-order valence-electron chi connectivity index (χ0n) is 6.76. The minimum absolute atomic E-state index is 0.529. The van der Waals surface area contributed by atoms with Crippen molar-refractivity contribution < 1.29 is 0 Å². The Kier molecular flexibility index (Phi) is 2.05. The van der Waals surface area contributed by atoms with Crippen LogP contribution < -0.4 is 0 Å². The fourth-order valence-electron chi connectivity index (χ4n) is 1.08. The van der Waals surface area contributed by atoms with E-state index in [0.717, 1.165) is 11.4 Å². The fourth-order valence-corrected chi connectivity index (χ4v) is 1.08. The Bertz CT molecular complexity index is 209. The summed E-state index contributed by atoms with van der Waals surface area (Å²) in [5, 5.41) is 0. The maximum atomic E-state index is 4.32. The molecule has 0 amide bonds. The molecular formula is C9H13N. The second-order valence-corrected chi connectivity index (χ2v) is 2.78. The lowest BCUT2D eigenvalue weighted by molar-refractivity contribution is 0.927. The van der Waals surface area contributed by atoms with E-state index in [1.165, 1.54) is 0 Å². The molecule has 0 aromatic carbocycles. The predicted molar refractivity (Wildman–Crippen MR) is 45.2 cm³/mol. The van der Waals surface area contributed by atoms with Crippen molar-refractivity contribution in [2.75, 3.05) is 0 Å². The molecule has 0 saturated carbocycles. The van der Waals surface area contributed by atoms with Crippen LogP contribution in [0.25, 0.3) is 0 Å². The molecule has 0 aromatic heterocycles. The highest BCUT2D eigenvalue weighted by molar-refractivity contribution is 5.93. The molecule has 0 fully saturated rings. The smallest absolute Gasteiger partial charge is 0.0372 e. The highest BCUT2D eigenvalue weighted by Gasteiger charge is 1.97. The van der Waals surface area contributed by atoms with Gasteiger partial charge >= 0.3 is 0 Å². The van der Waals surface area contributed by atoms with E-state index in [4.69, 9.17) is 0 Å². The van der Waals surface area contributed by atoms with Crippen molar-refractivity contribution in [3.8, 4) is 0 Å². The van der Waals surface area contributed by atoms with Crippen molar-refractivity contribution in [2.24, 2.45) is 10.9 Å². The van der Waals surface area contributed by atoms with Crippen LogP contribution in [0.5, 0.6) is 0 Å². The largest absolute Gasteiger partial charge is 0.259 e. The molecule has 0 saturated heterocycles. The van der Waals surface area contributed by atoms with Gasteiger partial charge < -0.3 is 0 Å². The van der Waals surface area contributed by atoms with Gasteiger partial charge in [-0.05, 0) is 25.8 Å². The van der Waals surface area contributed by atoms with E-state index in [1.54, 1.807) is 0 Å². The number of nitrogens with zero attached hydrogens (tertiary/aromatic N) is 1. The van der Waals surface area contributed by atoms with Gasteiger partial charge in [-0.1, -0.05) is 19.1 Å². The van der Waals surface area contributed by atoms with E-state index in [1.807, 2.05) is 13.8 Å². The van der Waals surface area contributed by atoms with Gasteiger partial charge in [0.25, 0.3) is 0 Å². The van der Waals surface area contributed by atoms with Crippen molar-refractivity contribution in [3.05, 3.63) is 23.9 Å². The maximum Gasteiger partial charge on any atom is 0.0372 e. The molecule has 1 atom stereocenters. The second kappa shape index (κ2) is 2.82. The predicted octanol–water partition coefficient (Wildman–Crippen LogP) is 2.56. The molecule has 0 spiro atoms. The summed E-state index contributed by atoms with van der Waals surface area (Å²) in [6.07, 6.45) is 6.39. The Morgan fingerprint density at radius 1 is 1.40 bits per heavy atom. The van der Waals surface area contributed by atoms with E-state index in [0.29, 0.717) is 5.92 Å². The molecule has 0 aromatic rings. The summed E-state index contributed by atoms with van der Waals surface area (Å²) in [5.41, 5.74) is 2.22. The molecule has 54 valence electrons. The van der Waals surface area contributed by atoms with E-state index < -0.39 is 0 Å². The number of rotatable bonds is 0. The average Bonchev–Trinajstić information content (AvgIpc) is 1.93. The first-order valence-corrected chi connectivity index (χ1v) is 3.60. The highest BCUT2D eigenvalue weighted by Crippen LogP contribution is 2.09. The molecular weight excluding hydrogens is 122 g/mol. The van der Waals surface area contributed by atoms with Crippen LogP contribution in [0.2, 0.25) is 0 Å². The monoisotopic (exact) mass is 135 g/mol. The minimum Gasteiger partial charge on any atom is -0.259 e. The summed E-state index contributed by atoms with van der Waals surface area (Å²) in [5.74, 6) is 0.529.